The minimum atomic E-state index is -4.49. The zero-order valence-corrected chi connectivity index (χ0v) is 17.2. The maximum atomic E-state index is 13.2. The first-order valence-electron chi connectivity index (χ1n) is 8.75. The molecule has 0 atom stereocenters. The highest BCUT2D eigenvalue weighted by molar-refractivity contribution is 5.95. The number of nitrogens with zero attached hydrogens (tertiary/aromatic N) is 3. The Labute approximate surface area is 178 Å². The van der Waals surface area contributed by atoms with Gasteiger partial charge in [0, 0.05) is 43.0 Å². The number of H-pyrrole nitrogens is 1. The second-order valence-electron chi connectivity index (χ2n) is 6.64. The van der Waals surface area contributed by atoms with Gasteiger partial charge in [-0.15, -0.1) is 24.8 Å². The molecule has 10 heteroatoms. The van der Waals surface area contributed by atoms with Gasteiger partial charge in [0.25, 0.3) is 0 Å². The van der Waals surface area contributed by atoms with Gasteiger partial charge in [0.2, 0.25) is 0 Å². The molecule has 1 fully saturated rings. The number of aromatic amines is 1. The summed E-state index contributed by atoms with van der Waals surface area (Å²) < 4.78 is 45.1. The quantitative estimate of drug-likeness (QED) is 0.605. The Morgan fingerprint density at radius 2 is 1.86 bits per heavy atom. The normalized spacial score (nSPS) is 15.1. The lowest BCUT2D eigenvalue weighted by Gasteiger charge is -2.33. The second-order valence-corrected chi connectivity index (χ2v) is 6.64. The predicted molar refractivity (Wildman–Crippen MR) is 111 cm³/mol. The van der Waals surface area contributed by atoms with E-state index in [4.69, 9.17) is 4.74 Å². The molecule has 3 heterocycles. The third kappa shape index (κ3) is 4.60. The Bertz CT molecular complexity index is 956. The molecule has 0 unspecified atom stereocenters. The van der Waals surface area contributed by atoms with E-state index in [9.17, 15) is 13.2 Å². The van der Waals surface area contributed by atoms with Crippen LogP contribution in [0.2, 0.25) is 0 Å². The molecule has 0 aliphatic carbocycles. The van der Waals surface area contributed by atoms with Gasteiger partial charge in [0.1, 0.15) is 5.69 Å². The lowest BCUT2D eigenvalue weighted by atomic mass is 10.0. The fourth-order valence-corrected chi connectivity index (χ4v) is 3.63. The van der Waals surface area contributed by atoms with Gasteiger partial charge in [-0.2, -0.15) is 18.3 Å². The molecule has 1 N–H and O–H groups in total. The van der Waals surface area contributed by atoms with Crippen LogP contribution in [0.5, 0.6) is 0 Å². The number of hydrogen-bond acceptors (Lipinski definition) is 4. The SMILES string of the molecule is COC1CCN(c2ccnc3ccc(-c4cn[nH]c4C(F)(F)F)cc23)CC1.Cl.Cl. The average molecular weight is 449 g/mol. The number of nitrogens with one attached hydrogen (secondary N) is 1. The summed E-state index contributed by atoms with van der Waals surface area (Å²) in [5.74, 6) is 0. The van der Waals surface area contributed by atoms with Gasteiger partial charge in [-0.3, -0.25) is 10.1 Å². The van der Waals surface area contributed by atoms with Crippen molar-refractivity contribution in [2.45, 2.75) is 25.1 Å². The number of alkyl halides is 3. The van der Waals surface area contributed by atoms with Crippen molar-refractivity contribution in [1.29, 1.82) is 0 Å². The number of halogens is 5. The van der Waals surface area contributed by atoms with E-state index in [0.29, 0.717) is 5.56 Å². The van der Waals surface area contributed by atoms with E-state index in [1.807, 2.05) is 6.07 Å². The summed E-state index contributed by atoms with van der Waals surface area (Å²) in [5, 5.41) is 6.49. The van der Waals surface area contributed by atoms with E-state index in [-0.39, 0.29) is 36.5 Å². The highest BCUT2D eigenvalue weighted by Gasteiger charge is 2.36. The summed E-state index contributed by atoms with van der Waals surface area (Å²) in [6.07, 6.45) is 0.550. The molecular formula is C19H21Cl2F3N4O. The van der Waals surface area contributed by atoms with Crippen molar-refractivity contribution in [3.8, 4) is 11.1 Å². The number of anilines is 1. The molecule has 1 aliphatic rings. The van der Waals surface area contributed by atoms with Gasteiger partial charge < -0.3 is 9.64 Å². The lowest BCUT2D eigenvalue weighted by Crippen LogP contribution is -2.36. The molecule has 0 saturated carbocycles. The maximum Gasteiger partial charge on any atom is 0.433 e. The molecule has 0 radical (unpaired) electrons. The van der Waals surface area contributed by atoms with Crippen LogP contribution in [0.25, 0.3) is 22.0 Å². The Hall–Kier alpha value is -2.03. The highest BCUT2D eigenvalue weighted by Crippen LogP contribution is 2.37. The van der Waals surface area contributed by atoms with Crippen molar-refractivity contribution in [3.63, 3.8) is 0 Å². The Morgan fingerprint density at radius 3 is 2.52 bits per heavy atom. The molecule has 0 amide bonds. The molecular weight excluding hydrogens is 428 g/mol. The van der Waals surface area contributed by atoms with Crippen LogP contribution in [0.15, 0.2) is 36.7 Å². The molecule has 1 aliphatic heterocycles. The largest absolute Gasteiger partial charge is 0.433 e. The fraction of sp³-hybridized carbons (Fsp3) is 0.368. The van der Waals surface area contributed by atoms with E-state index >= 15 is 0 Å². The smallest absolute Gasteiger partial charge is 0.381 e. The van der Waals surface area contributed by atoms with Crippen LogP contribution in [-0.2, 0) is 10.9 Å². The molecule has 2 aromatic heterocycles. The van der Waals surface area contributed by atoms with Crippen molar-refractivity contribution in [2.75, 3.05) is 25.1 Å². The number of piperidine rings is 1. The number of fused-ring (bicyclic) bond motifs is 1. The van der Waals surface area contributed by atoms with Crippen LogP contribution in [0.3, 0.4) is 0 Å². The van der Waals surface area contributed by atoms with E-state index in [2.05, 4.69) is 20.1 Å². The first-order chi connectivity index (χ1) is 13.0. The van der Waals surface area contributed by atoms with Crippen LogP contribution in [0.1, 0.15) is 18.5 Å². The van der Waals surface area contributed by atoms with Crippen LogP contribution in [0.4, 0.5) is 18.9 Å². The number of benzene rings is 1. The zero-order chi connectivity index (χ0) is 19.0. The van der Waals surface area contributed by atoms with Crippen molar-refractivity contribution >= 4 is 41.4 Å². The second kappa shape index (κ2) is 9.19. The lowest BCUT2D eigenvalue weighted by molar-refractivity contribution is -0.140. The van der Waals surface area contributed by atoms with Crippen LogP contribution in [0, 0.1) is 0 Å². The number of aromatic nitrogens is 3. The predicted octanol–water partition coefficient (Wildman–Crippen LogP) is 5.10. The summed E-state index contributed by atoms with van der Waals surface area (Å²) in [4.78, 5) is 6.60. The van der Waals surface area contributed by atoms with Gasteiger partial charge in [-0.25, -0.2) is 0 Å². The number of rotatable bonds is 3. The molecule has 158 valence electrons. The number of ether oxygens (including phenoxy) is 1. The van der Waals surface area contributed by atoms with Crippen LogP contribution < -0.4 is 4.90 Å². The number of hydrogen-bond donors (Lipinski definition) is 1. The minimum absolute atomic E-state index is 0. The minimum Gasteiger partial charge on any atom is -0.381 e. The van der Waals surface area contributed by atoms with E-state index in [1.54, 1.807) is 31.5 Å². The highest BCUT2D eigenvalue weighted by atomic mass is 35.5. The standard InChI is InChI=1S/C19H19F3N4O.2ClH/c1-27-13-5-8-26(9-6-13)17-4-7-23-16-3-2-12(10-14(16)17)15-11-24-25-18(15)19(20,21)22;;/h2-4,7,10-11,13H,5-6,8-9H2,1H3,(H,24,25);2*1H. The van der Waals surface area contributed by atoms with E-state index < -0.39 is 11.9 Å². The Balaban J connectivity index is 0.00000150. The van der Waals surface area contributed by atoms with Gasteiger partial charge in [0.05, 0.1) is 17.8 Å². The first-order valence-corrected chi connectivity index (χ1v) is 8.75. The molecule has 0 bridgehead atoms. The van der Waals surface area contributed by atoms with Gasteiger partial charge in [-0.1, -0.05) is 6.07 Å². The van der Waals surface area contributed by atoms with Crippen LogP contribution in [-0.4, -0.2) is 41.5 Å². The van der Waals surface area contributed by atoms with E-state index in [0.717, 1.165) is 42.5 Å². The Morgan fingerprint density at radius 1 is 1.14 bits per heavy atom. The summed E-state index contributed by atoms with van der Waals surface area (Å²) in [5.41, 5.74) is 1.39. The monoisotopic (exact) mass is 448 g/mol. The molecule has 3 aromatic rings. The van der Waals surface area contributed by atoms with Gasteiger partial charge in [0.15, 0.2) is 0 Å². The number of methoxy groups -OCH3 is 1. The van der Waals surface area contributed by atoms with E-state index in [1.165, 1.54) is 6.20 Å². The maximum absolute atomic E-state index is 13.2. The van der Waals surface area contributed by atoms with Gasteiger partial charge >= 0.3 is 6.18 Å². The molecule has 1 saturated heterocycles. The Kier molecular flexibility index (Phi) is 7.37. The third-order valence-electron chi connectivity index (χ3n) is 5.07. The first kappa shape index (κ1) is 23.3. The average Bonchev–Trinajstić information content (AvgIpc) is 3.18. The molecule has 29 heavy (non-hydrogen) atoms. The van der Waals surface area contributed by atoms with Crippen molar-refractivity contribution in [1.82, 2.24) is 15.2 Å². The third-order valence-corrected chi connectivity index (χ3v) is 5.07. The molecule has 4 rings (SSSR count). The van der Waals surface area contributed by atoms with Crippen molar-refractivity contribution in [3.05, 3.63) is 42.4 Å². The molecule has 1 aromatic carbocycles. The summed E-state index contributed by atoms with van der Waals surface area (Å²) in [7, 11) is 1.72. The number of pyridine rings is 1. The summed E-state index contributed by atoms with van der Waals surface area (Å²) >= 11 is 0. The molecule has 0 spiro atoms. The fourth-order valence-electron chi connectivity index (χ4n) is 3.63. The van der Waals surface area contributed by atoms with Gasteiger partial charge in [-0.05, 0) is 36.6 Å². The summed E-state index contributed by atoms with van der Waals surface area (Å²) in [6.45, 7) is 1.67. The van der Waals surface area contributed by atoms with Crippen LogP contribution >= 0.6 is 24.8 Å². The summed E-state index contributed by atoms with van der Waals surface area (Å²) in [6, 6.07) is 7.08. The topological polar surface area (TPSA) is 54.0 Å². The molecule has 5 nitrogen and oxygen atoms in total. The van der Waals surface area contributed by atoms with Crippen molar-refractivity contribution < 1.29 is 17.9 Å². The zero-order valence-electron chi connectivity index (χ0n) is 15.6. The van der Waals surface area contributed by atoms with Crippen molar-refractivity contribution in [2.24, 2.45) is 0 Å².